The number of aliphatic imine (C=N–C) groups is 1. The van der Waals surface area contributed by atoms with E-state index in [1.165, 1.54) is 5.56 Å². The lowest BCUT2D eigenvalue weighted by Gasteiger charge is -2.12. The van der Waals surface area contributed by atoms with Crippen LogP contribution in [0.2, 0.25) is 0 Å². The van der Waals surface area contributed by atoms with Crippen LogP contribution in [-0.4, -0.2) is 5.71 Å². The zero-order valence-electron chi connectivity index (χ0n) is 10.6. The third kappa shape index (κ3) is 1.80. The van der Waals surface area contributed by atoms with Gasteiger partial charge in [0, 0.05) is 11.3 Å². The summed E-state index contributed by atoms with van der Waals surface area (Å²) >= 11 is 0. The Labute approximate surface area is 107 Å². The second-order valence-electron chi connectivity index (χ2n) is 4.84. The summed E-state index contributed by atoms with van der Waals surface area (Å²) in [7, 11) is 0. The molecule has 0 aliphatic carbocycles. The molecule has 1 N–H and O–H groups in total. The zero-order valence-corrected chi connectivity index (χ0v) is 10.6. The van der Waals surface area contributed by atoms with E-state index in [0.717, 1.165) is 22.8 Å². The minimum atomic E-state index is 0.402. The van der Waals surface area contributed by atoms with Crippen LogP contribution < -0.4 is 5.32 Å². The van der Waals surface area contributed by atoms with Crippen LogP contribution in [0.15, 0.2) is 53.5 Å². The lowest BCUT2D eigenvalue weighted by atomic mass is 9.98. The van der Waals surface area contributed by atoms with Crippen molar-refractivity contribution in [1.29, 1.82) is 0 Å². The first-order valence-corrected chi connectivity index (χ1v) is 6.30. The van der Waals surface area contributed by atoms with Crippen molar-refractivity contribution in [2.24, 2.45) is 10.9 Å². The van der Waals surface area contributed by atoms with E-state index in [1.807, 2.05) is 12.1 Å². The van der Waals surface area contributed by atoms with E-state index in [1.54, 1.807) is 0 Å². The predicted molar refractivity (Wildman–Crippen MR) is 77.2 cm³/mol. The third-order valence-corrected chi connectivity index (χ3v) is 3.16. The fourth-order valence-electron chi connectivity index (χ4n) is 2.27. The van der Waals surface area contributed by atoms with Crippen LogP contribution >= 0.6 is 0 Å². The molecule has 1 heterocycles. The number of benzene rings is 2. The van der Waals surface area contributed by atoms with Crippen molar-refractivity contribution in [2.75, 3.05) is 5.32 Å². The van der Waals surface area contributed by atoms with Gasteiger partial charge in [-0.2, -0.15) is 0 Å². The Morgan fingerprint density at radius 1 is 0.889 bits per heavy atom. The first-order chi connectivity index (χ1) is 8.75. The Balaban J connectivity index is 2.26. The molecule has 0 amide bonds. The smallest absolute Gasteiger partial charge is 0.0868 e. The van der Waals surface area contributed by atoms with Gasteiger partial charge in [0.2, 0.25) is 0 Å². The molecule has 2 nitrogen and oxygen atoms in total. The molecule has 0 fully saturated rings. The summed E-state index contributed by atoms with van der Waals surface area (Å²) < 4.78 is 0. The minimum absolute atomic E-state index is 0.402. The third-order valence-electron chi connectivity index (χ3n) is 3.16. The highest BCUT2D eigenvalue weighted by molar-refractivity contribution is 6.09. The van der Waals surface area contributed by atoms with Gasteiger partial charge in [0.25, 0.3) is 0 Å². The highest BCUT2D eigenvalue weighted by Crippen LogP contribution is 2.34. The molecule has 2 heteroatoms. The standard InChI is InChI=1S/C16H16N2/c1-11(2)16-12-7-3-4-8-13(12)17-14-9-5-6-10-15(14)18-16/h3-11,17H,1-2H3. The molecule has 0 saturated heterocycles. The Morgan fingerprint density at radius 2 is 1.56 bits per heavy atom. The predicted octanol–water partition coefficient (Wildman–Crippen LogP) is 4.52. The van der Waals surface area contributed by atoms with Crippen LogP contribution in [-0.2, 0) is 0 Å². The summed E-state index contributed by atoms with van der Waals surface area (Å²) in [5, 5.41) is 3.47. The molecule has 3 rings (SSSR count). The van der Waals surface area contributed by atoms with Crippen molar-refractivity contribution < 1.29 is 0 Å². The monoisotopic (exact) mass is 236 g/mol. The Morgan fingerprint density at radius 3 is 2.33 bits per heavy atom. The maximum Gasteiger partial charge on any atom is 0.0868 e. The SMILES string of the molecule is CC(C)C1=Nc2ccccc2Nc2ccccc21. The van der Waals surface area contributed by atoms with Gasteiger partial charge in [-0.05, 0) is 24.1 Å². The molecule has 1 aliphatic rings. The largest absolute Gasteiger partial charge is 0.353 e. The summed E-state index contributed by atoms with van der Waals surface area (Å²) in [4.78, 5) is 4.83. The average molecular weight is 236 g/mol. The van der Waals surface area contributed by atoms with Crippen LogP contribution in [0.25, 0.3) is 0 Å². The molecule has 2 aromatic carbocycles. The lowest BCUT2D eigenvalue weighted by Crippen LogP contribution is -2.09. The Kier molecular flexibility index (Phi) is 2.63. The molecule has 2 aromatic rings. The topological polar surface area (TPSA) is 24.4 Å². The molecule has 18 heavy (non-hydrogen) atoms. The Bertz CT molecular complexity index is 612. The summed E-state index contributed by atoms with van der Waals surface area (Å²) in [5.74, 6) is 0.402. The van der Waals surface area contributed by atoms with Crippen LogP contribution in [0.3, 0.4) is 0 Å². The Hall–Kier alpha value is -2.09. The van der Waals surface area contributed by atoms with Gasteiger partial charge < -0.3 is 5.32 Å². The van der Waals surface area contributed by atoms with Gasteiger partial charge in [-0.15, -0.1) is 0 Å². The average Bonchev–Trinajstić information content (AvgIpc) is 2.55. The van der Waals surface area contributed by atoms with Gasteiger partial charge in [-0.3, -0.25) is 4.99 Å². The van der Waals surface area contributed by atoms with Crippen molar-refractivity contribution in [3.8, 4) is 0 Å². The number of hydrogen-bond acceptors (Lipinski definition) is 2. The lowest BCUT2D eigenvalue weighted by molar-refractivity contribution is 0.886. The van der Waals surface area contributed by atoms with Crippen molar-refractivity contribution in [3.05, 3.63) is 54.1 Å². The number of anilines is 2. The summed E-state index contributed by atoms with van der Waals surface area (Å²) in [5.41, 5.74) is 5.56. The van der Waals surface area contributed by atoms with Crippen LogP contribution in [0.1, 0.15) is 19.4 Å². The molecular weight excluding hydrogens is 220 g/mol. The van der Waals surface area contributed by atoms with E-state index >= 15 is 0 Å². The van der Waals surface area contributed by atoms with Gasteiger partial charge in [0.1, 0.15) is 0 Å². The molecule has 1 aliphatic heterocycles. The van der Waals surface area contributed by atoms with E-state index in [0.29, 0.717) is 5.92 Å². The van der Waals surface area contributed by atoms with Crippen LogP contribution in [0.4, 0.5) is 17.1 Å². The van der Waals surface area contributed by atoms with Crippen LogP contribution in [0.5, 0.6) is 0 Å². The molecule has 0 unspecified atom stereocenters. The fraction of sp³-hybridized carbons (Fsp3) is 0.188. The highest BCUT2D eigenvalue weighted by Gasteiger charge is 2.17. The van der Waals surface area contributed by atoms with Crippen molar-refractivity contribution in [3.63, 3.8) is 0 Å². The second-order valence-corrected chi connectivity index (χ2v) is 4.84. The maximum absolute atomic E-state index is 4.83. The number of rotatable bonds is 1. The number of nitrogens with one attached hydrogen (secondary N) is 1. The summed E-state index contributed by atoms with van der Waals surface area (Å²) in [6.45, 7) is 4.37. The van der Waals surface area contributed by atoms with Gasteiger partial charge in [-0.1, -0.05) is 44.2 Å². The van der Waals surface area contributed by atoms with Gasteiger partial charge in [0.05, 0.1) is 17.1 Å². The van der Waals surface area contributed by atoms with E-state index in [4.69, 9.17) is 4.99 Å². The maximum atomic E-state index is 4.83. The first-order valence-electron chi connectivity index (χ1n) is 6.30. The van der Waals surface area contributed by atoms with Gasteiger partial charge >= 0.3 is 0 Å². The first kappa shape index (κ1) is 11.0. The quantitative estimate of drug-likeness (QED) is 0.773. The van der Waals surface area contributed by atoms with Crippen LogP contribution in [0, 0.1) is 5.92 Å². The number of para-hydroxylation sites is 3. The molecule has 0 radical (unpaired) electrons. The van der Waals surface area contributed by atoms with Gasteiger partial charge in [-0.25, -0.2) is 0 Å². The van der Waals surface area contributed by atoms with E-state index in [9.17, 15) is 0 Å². The van der Waals surface area contributed by atoms with Crippen molar-refractivity contribution in [2.45, 2.75) is 13.8 Å². The zero-order chi connectivity index (χ0) is 12.5. The van der Waals surface area contributed by atoms with Gasteiger partial charge in [0.15, 0.2) is 0 Å². The molecule has 0 aromatic heterocycles. The second kappa shape index (κ2) is 4.30. The molecule has 0 atom stereocenters. The minimum Gasteiger partial charge on any atom is -0.353 e. The van der Waals surface area contributed by atoms with Crippen molar-refractivity contribution in [1.82, 2.24) is 0 Å². The molecule has 0 spiro atoms. The molecule has 0 bridgehead atoms. The summed E-state index contributed by atoms with van der Waals surface area (Å²) in [6, 6.07) is 16.5. The van der Waals surface area contributed by atoms with Crippen molar-refractivity contribution >= 4 is 22.8 Å². The molecule has 0 saturated carbocycles. The highest BCUT2D eigenvalue weighted by atomic mass is 14.9. The van der Waals surface area contributed by atoms with E-state index in [-0.39, 0.29) is 0 Å². The van der Waals surface area contributed by atoms with E-state index < -0.39 is 0 Å². The molecule has 90 valence electrons. The normalized spacial score (nSPS) is 13.2. The molecular formula is C16H16N2. The number of fused-ring (bicyclic) bond motifs is 2. The number of nitrogens with zero attached hydrogens (tertiary/aromatic N) is 1. The van der Waals surface area contributed by atoms with E-state index in [2.05, 4.69) is 55.6 Å². The number of hydrogen-bond donors (Lipinski definition) is 1. The fourth-order valence-corrected chi connectivity index (χ4v) is 2.27. The summed E-state index contributed by atoms with van der Waals surface area (Å²) in [6.07, 6.45) is 0.